The Balaban J connectivity index is 1.98. The average Bonchev–Trinajstić information content (AvgIpc) is 2.60. The number of methoxy groups -OCH3 is 1. The Morgan fingerprint density at radius 2 is 1.88 bits per heavy atom. The standard InChI is InChI=1S/C20H20F3NO/c1-3-9-24-10-8-15-12-19(25-2)18(11-16(15)13-24)14-4-6-17(7-5-14)20(21,22)23/h3-7,11-12H,1,8-10,13H2,2H3. The lowest BCUT2D eigenvalue weighted by molar-refractivity contribution is -0.137. The smallest absolute Gasteiger partial charge is 0.416 e. The molecule has 1 aliphatic heterocycles. The first-order valence-corrected chi connectivity index (χ1v) is 8.13. The minimum atomic E-state index is -4.33. The molecule has 0 aliphatic carbocycles. The second-order valence-electron chi connectivity index (χ2n) is 6.17. The van der Waals surface area contributed by atoms with Gasteiger partial charge < -0.3 is 4.74 Å². The number of halogens is 3. The molecule has 0 fully saturated rings. The zero-order valence-corrected chi connectivity index (χ0v) is 14.1. The van der Waals surface area contributed by atoms with Crippen LogP contribution < -0.4 is 4.74 Å². The Kier molecular flexibility index (Phi) is 4.86. The van der Waals surface area contributed by atoms with E-state index in [-0.39, 0.29) is 0 Å². The van der Waals surface area contributed by atoms with Gasteiger partial charge in [-0.1, -0.05) is 18.2 Å². The summed E-state index contributed by atoms with van der Waals surface area (Å²) in [5, 5.41) is 0. The number of rotatable bonds is 4. The van der Waals surface area contributed by atoms with E-state index in [4.69, 9.17) is 4.74 Å². The quantitative estimate of drug-likeness (QED) is 0.728. The molecule has 0 radical (unpaired) electrons. The van der Waals surface area contributed by atoms with Crippen LogP contribution in [0.5, 0.6) is 5.75 Å². The first kappa shape index (κ1) is 17.5. The maximum absolute atomic E-state index is 12.8. The fourth-order valence-corrected chi connectivity index (χ4v) is 3.22. The topological polar surface area (TPSA) is 12.5 Å². The molecular weight excluding hydrogens is 327 g/mol. The van der Waals surface area contributed by atoms with Gasteiger partial charge in [-0.3, -0.25) is 4.90 Å². The molecule has 0 amide bonds. The van der Waals surface area contributed by atoms with Gasteiger partial charge in [-0.2, -0.15) is 13.2 Å². The van der Waals surface area contributed by atoms with Crippen molar-refractivity contribution in [3.05, 3.63) is 65.7 Å². The molecule has 1 aliphatic rings. The van der Waals surface area contributed by atoms with Crippen LogP contribution >= 0.6 is 0 Å². The van der Waals surface area contributed by atoms with E-state index in [1.807, 2.05) is 18.2 Å². The Hall–Kier alpha value is -2.27. The molecule has 2 nitrogen and oxygen atoms in total. The second-order valence-corrected chi connectivity index (χ2v) is 6.17. The summed E-state index contributed by atoms with van der Waals surface area (Å²) in [7, 11) is 1.59. The minimum Gasteiger partial charge on any atom is -0.496 e. The monoisotopic (exact) mass is 347 g/mol. The van der Waals surface area contributed by atoms with E-state index in [1.54, 1.807) is 7.11 Å². The van der Waals surface area contributed by atoms with Crippen LogP contribution in [0.2, 0.25) is 0 Å². The van der Waals surface area contributed by atoms with Gasteiger partial charge in [0.1, 0.15) is 5.75 Å². The summed E-state index contributed by atoms with van der Waals surface area (Å²) in [6.45, 7) is 6.36. The first-order valence-electron chi connectivity index (χ1n) is 8.13. The summed E-state index contributed by atoms with van der Waals surface area (Å²) in [6.07, 6.45) is -1.53. The van der Waals surface area contributed by atoms with E-state index in [2.05, 4.69) is 11.5 Å². The molecular formula is C20H20F3NO. The molecule has 132 valence electrons. The van der Waals surface area contributed by atoms with Gasteiger partial charge in [0, 0.05) is 25.2 Å². The van der Waals surface area contributed by atoms with Crippen molar-refractivity contribution in [2.75, 3.05) is 20.2 Å². The van der Waals surface area contributed by atoms with Crippen LogP contribution in [-0.4, -0.2) is 25.1 Å². The van der Waals surface area contributed by atoms with Gasteiger partial charge in [0.2, 0.25) is 0 Å². The van der Waals surface area contributed by atoms with Crippen molar-refractivity contribution < 1.29 is 17.9 Å². The van der Waals surface area contributed by atoms with Crippen LogP contribution in [0.3, 0.4) is 0 Å². The van der Waals surface area contributed by atoms with Gasteiger partial charge in [-0.25, -0.2) is 0 Å². The number of alkyl halides is 3. The van der Waals surface area contributed by atoms with E-state index in [9.17, 15) is 13.2 Å². The number of fused-ring (bicyclic) bond motifs is 1. The van der Waals surface area contributed by atoms with Crippen LogP contribution in [0, 0.1) is 0 Å². The molecule has 0 bridgehead atoms. The fourth-order valence-electron chi connectivity index (χ4n) is 3.22. The van der Waals surface area contributed by atoms with E-state index in [1.165, 1.54) is 23.3 Å². The van der Waals surface area contributed by atoms with Gasteiger partial charge in [0.05, 0.1) is 12.7 Å². The Morgan fingerprint density at radius 1 is 1.16 bits per heavy atom. The zero-order valence-electron chi connectivity index (χ0n) is 14.1. The molecule has 0 atom stereocenters. The summed E-state index contributed by atoms with van der Waals surface area (Å²) in [5.41, 5.74) is 3.30. The van der Waals surface area contributed by atoms with E-state index >= 15 is 0 Å². The summed E-state index contributed by atoms with van der Waals surface area (Å²) >= 11 is 0. The number of hydrogen-bond donors (Lipinski definition) is 0. The lowest BCUT2D eigenvalue weighted by Crippen LogP contribution is -2.30. The van der Waals surface area contributed by atoms with Crippen molar-refractivity contribution >= 4 is 0 Å². The van der Waals surface area contributed by atoms with Crippen molar-refractivity contribution in [2.24, 2.45) is 0 Å². The average molecular weight is 347 g/mol. The normalized spacial score (nSPS) is 14.9. The number of benzene rings is 2. The van der Waals surface area contributed by atoms with Crippen molar-refractivity contribution in [1.82, 2.24) is 4.90 Å². The van der Waals surface area contributed by atoms with Crippen LogP contribution in [0.4, 0.5) is 13.2 Å². The molecule has 0 spiro atoms. The van der Waals surface area contributed by atoms with Crippen LogP contribution in [0.15, 0.2) is 49.1 Å². The third-order valence-electron chi connectivity index (χ3n) is 4.52. The lowest BCUT2D eigenvalue weighted by Gasteiger charge is -2.28. The second kappa shape index (κ2) is 6.92. The van der Waals surface area contributed by atoms with Crippen molar-refractivity contribution in [1.29, 1.82) is 0 Å². The Labute approximate surface area is 145 Å². The summed E-state index contributed by atoms with van der Waals surface area (Å²) in [4.78, 5) is 2.29. The van der Waals surface area contributed by atoms with Crippen LogP contribution in [0.25, 0.3) is 11.1 Å². The van der Waals surface area contributed by atoms with Gasteiger partial charge in [0.25, 0.3) is 0 Å². The maximum Gasteiger partial charge on any atom is 0.416 e. The molecule has 0 aromatic heterocycles. The molecule has 25 heavy (non-hydrogen) atoms. The highest BCUT2D eigenvalue weighted by atomic mass is 19.4. The SMILES string of the molecule is C=CCN1CCc2cc(OC)c(-c3ccc(C(F)(F)F)cc3)cc2C1. The highest BCUT2D eigenvalue weighted by Crippen LogP contribution is 2.37. The predicted octanol–water partition coefficient (Wildman–Crippen LogP) is 4.93. The molecule has 0 saturated heterocycles. The molecule has 0 N–H and O–H groups in total. The molecule has 0 unspecified atom stereocenters. The zero-order chi connectivity index (χ0) is 18.0. The summed E-state index contributed by atoms with van der Waals surface area (Å²) < 4.78 is 43.8. The molecule has 5 heteroatoms. The number of hydrogen-bond acceptors (Lipinski definition) is 2. The third kappa shape index (κ3) is 3.71. The third-order valence-corrected chi connectivity index (χ3v) is 4.52. The van der Waals surface area contributed by atoms with Crippen LogP contribution in [0.1, 0.15) is 16.7 Å². The van der Waals surface area contributed by atoms with Gasteiger partial charge >= 0.3 is 6.18 Å². The fraction of sp³-hybridized carbons (Fsp3) is 0.300. The lowest BCUT2D eigenvalue weighted by atomic mass is 9.93. The van der Waals surface area contributed by atoms with Crippen molar-refractivity contribution in [3.8, 4) is 16.9 Å². The largest absolute Gasteiger partial charge is 0.496 e. The van der Waals surface area contributed by atoms with Crippen LogP contribution in [-0.2, 0) is 19.1 Å². The highest BCUT2D eigenvalue weighted by Gasteiger charge is 2.30. The molecule has 0 saturated carbocycles. The molecule has 1 heterocycles. The molecule has 2 aromatic carbocycles. The number of nitrogens with zero attached hydrogens (tertiary/aromatic N) is 1. The van der Waals surface area contributed by atoms with E-state index in [0.717, 1.165) is 43.8 Å². The minimum absolute atomic E-state index is 0.648. The predicted molar refractivity (Wildman–Crippen MR) is 92.6 cm³/mol. The van der Waals surface area contributed by atoms with Crippen molar-refractivity contribution in [2.45, 2.75) is 19.1 Å². The maximum atomic E-state index is 12.8. The summed E-state index contributed by atoms with van der Waals surface area (Å²) in [6, 6.07) is 9.25. The molecule has 3 rings (SSSR count). The highest BCUT2D eigenvalue weighted by molar-refractivity contribution is 5.72. The first-order chi connectivity index (χ1) is 11.9. The van der Waals surface area contributed by atoms with E-state index in [0.29, 0.717) is 11.3 Å². The van der Waals surface area contributed by atoms with Gasteiger partial charge in [-0.05, 0) is 47.4 Å². The summed E-state index contributed by atoms with van der Waals surface area (Å²) in [5.74, 6) is 0.690. The molecule has 2 aromatic rings. The Bertz CT molecular complexity index is 766. The Morgan fingerprint density at radius 3 is 2.48 bits per heavy atom. The van der Waals surface area contributed by atoms with Gasteiger partial charge in [0.15, 0.2) is 0 Å². The number of ether oxygens (including phenoxy) is 1. The van der Waals surface area contributed by atoms with Crippen molar-refractivity contribution in [3.63, 3.8) is 0 Å². The van der Waals surface area contributed by atoms with E-state index < -0.39 is 11.7 Å². The van der Waals surface area contributed by atoms with Gasteiger partial charge in [-0.15, -0.1) is 6.58 Å².